The minimum absolute atomic E-state index is 0.620. The summed E-state index contributed by atoms with van der Waals surface area (Å²) in [4.78, 5) is 0. The molecule has 1 nitrogen and oxygen atoms in total. The molecule has 60 valence electrons. The zero-order valence-corrected chi connectivity index (χ0v) is 7.48. The first-order valence-corrected chi connectivity index (χ1v) is 4.00. The van der Waals surface area contributed by atoms with Crippen molar-refractivity contribution < 1.29 is 4.74 Å². The zero-order chi connectivity index (χ0) is 7.98. The minimum atomic E-state index is 0.620. The van der Waals surface area contributed by atoms with Gasteiger partial charge in [0, 0.05) is 5.92 Å². The molecular weight excluding hydrogens is 124 g/mol. The number of allylic oxidation sites excluding steroid dienone is 2. The standard InChI is InChI=1S/C9H18O/c1-5-8(6-2)9(7-3)10-4/h7-8H,5-6H2,1-4H3/b9-7-. The third kappa shape index (κ3) is 2.42. The monoisotopic (exact) mass is 142 g/mol. The number of hydrogen-bond acceptors (Lipinski definition) is 1. The van der Waals surface area contributed by atoms with Gasteiger partial charge in [0.25, 0.3) is 0 Å². The number of methoxy groups -OCH3 is 1. The fourth-order valence-electron chi connectivity index (χ4n) is 1.21. The summed E-state index contributed by atoms with van der Waals surface area (Å²) >= 11 is 0. The van der Waals surface area contributed by atoms with Gasteiger partial charge in [-0.25, -0.2) is 0 Å². The zero-order valence-electron chi connectivity index (χ0n) is 7.48. The van der Waals surface area contributed by atoms with Crippen molar-refractivity contribution in [2.45, 2.75) is 33.6 Å². The molecule has 1 heteroatoms. The molecule has 0 N–H and O–H groups in total. The van der Waals surface area contributed by atoms with Crippen LogP contribution in [-0.4, -0.2) is 7.11 Å². The van der Waals surface area contributed by atoms with Gasteiger partial charge in [0.2, 0.25) is 0 Å². The fourth-order valence-corrected chi connectivity index (χ4v) is 1.21. The Morgan fingerprint density at radius 1 is 1.40 bits per heavy atom. The highest BCUT2D eigenvalue weighted by atomic mass is 16.5. The van der Waals surface area contributed by atoms with E-state index < -0.39 is 0 Å². The van der Waals surface area contributed by atoms with Crippen molar-refractivity contribution in [2.75, 3.05) is 7.11 Å². The second-order valence-corrected chi connectivity index (χ2v) is 2.41. The van der Waals surface area contributed by atoms with E-state index >= 15 is 0 Å². The van der Waals surface area contributed by atoms with Crippen molar-refractivity contribution >= 4 is 0 Å². The van der Waals surface area contributed by atoms with Gasteiger partial charge in [0.15, 0.2) is 0 Å². The lowest BCUT2D eigenvalue weighted by atomic mass is 10.0. The molecule has 0 aromatic rings. The van der Waals surface area contributed by atoms with Gasteiger partial charge in [-0.05, 0) is 25.8 Å². The van der Waals surface area contributed by atoms with Crippen LogP contribution in [0.1, 0.15) is 33.6 Å². The third-order valence-corrected chi connectivity index (χ3v) is 1.91. The van der Waals surface area contributed by atoms with Crippen molar-refractivity contribution in [3.05, 3.63) is 11.8 Å². The van der Waals surface area contributed by atoms with Gasteiger partial charge < -0.3 is 4.74 Å². The second-order valence-electron chi connectivity index (χ2n) is 2.41. The lowest BCUT2D eigenvalue weighted by Crippen LogP contribution is -2.02. The molecule has 0 saturated carbocycles. The summed E-state index contributed by atoms with van der Waals surface area (Å²) in [6, 6.07) is 0. The summed E-state index contributed by atoms with van der Waals surface area (Å²) in [7, 11) is 1.74. The first-order valence-electron chi connectivity index (χ1n) is 4.00. The lowest BCUT2D eigenvalue weighted by molar-refractivity contribution is 0.234. The first kappa shape index (κ1) is 9.54. The molecule has 0 aromatic heterocycles. The topological polar surface area (TPSA) is 9.23 Å². The van der Waals surface area contributed by atoms with Gasteiger partial charge in [0.1, 0.15) is 0 Å². The van der Waals surface area contributed by atoms with E-state index in [9.17, 15) is 0 Å². The number of hydrogen-bond donors (Lipinski definition) is 0. The summed E-state index contributed by atoms with van der Waals surface area (Å²) in [5.74, 6) is 1.75. The maximum absolute atomic E-state index is 5.20. The third-order valence-electron chi connectivity index (χ3n) is 1.91. The Morgan fingerprint density at radius 2 is 1.90 bits per heavy atom. The SMILES string of the molecule is C/C=C(\OC)C(CC)CC. The molecule has 0 aliphatic heterocycles. The molecule has 0 heterocycles. The van der Waals surface area contributed by atoms with E-state index in [1.165, 1.54) is 12.8 Å². The predicted molar refractivity (Wildman–Crippen MR) is 44.8 cm³/mol. The van der Waals surface area contributed by atoms with Crippen LogP contribution in [0.5, 0.6) is 0 Å². The highest BCUT2D eigenvalue weighted by molar-refractivity contribution is 4.95. The number of ether oxygens (including phenoxy) is 1. The molecule has 0 fully saturated rings. The van der Waals surface area contributed by atoms with Crippen molar-refractivity contribution in [1.29, 1.82) is 0 Å². The number of rotatable bonds is 4. The van der Waals surface area contributed by atoms with E-state index in [-0.39, 0.29) is 0 Å². The van der Waals surface area contributed by atoms with Crippen molar-refractivity contribution in [3.8, 4) is 0 Å². The lowest BCUT2D eigenvalue weighted by Gasteiger charge is -2.14. The Kier molecular flexibility index (Phi) is 5.09. The van der Waals surface area contributed by atoms with Gasteiger partial charge >= 0.3 is 0 Å². The average Bonchev–Trinajstić information content (AvgIpc) is 2.00. The average molecular weight is 142 g/mol. The van der Waals surface area contributed by atoms with E-state index in [0.717, 1.165) is 5.76 Å². The largest absolute Gasteiger partial charge is 0.501 e. The molecule has 0 atom stereocenters. The van der Waals surface area contributed by atoms with Crippen LogP contribution in [-0.2, 0) is 4.74 Å². The van der Waals surface area contributed by atoms with Crippen LogP contribution in [0.15, 0.2) is 11.8 Å². The van der Waals surface area contributed by atoms with Crippen molar-refractivity contribution in [3.63, 3.8) is 0 Å². The summed E-state index contributed by atoms with van der Waals surface area (Å²) in [5, 5.41) is 0. The molecule has 0 amide bonds. The van der Waals surface area contributed by atoms with Crippen LogP contribution in [0, 0.1) is 5.92 Å². The molecule has 0 spiro atoms. The summed E-state index contributed by atoms with van der Waals surface area (Å²) in [5.41, 5.74) is 0. The molecule has 0 unspecified atom stereocenters. The molecule has 0 rings (SSSR count). The van der Waals surface area contributed by atoms with E-state index in [4.69, 9.17) is 4.74 Å². The summed E-state index contributed by atoms with van der Waals surface area (Å²) < 4.78 is 5.20. The minimum Gasteiger partial charge on any atom is -0.501 e. The quantitative estimate of drug-likeness (QED) is 0.548. The van der Waals surface area contributed by atoms with Gasteiger partial charge in [0.05, 0.1) is 12.9 Å². The molecule has 0 aromatic carbocycles. The molecule has 0 bridgehead atoms. The first-order chi connectivity index (χ1) is 4.79. The van der Waals surface area contributed by atoms with Crippen molar-refractivity contribution in [1.82, 2.24) is 0 Å². The summed E-state index contributed by atoms with van der Waals surface area (Å²) in [6.45, 7) is 6.41. The summed E-state index contributed by atoms with van der Waals surface area (Å²) in [6.07, 6.45) is 4.39. The van der Waals surface area contributed by atoms with Crippen LogP contribution < -0.4 is 0 Å². The van der Waals surface area contributed by atoms with Crippen molar-refractivity contribution in [2.24, 2.45) is 5.92 Å². The Balaban J connectivity index is 3.97. The highest BCUT2D eigenvalue weighted by Crippen LogP contribution is 2.18. The Bertz CT molecular complexity index is 101. The molecule has 0 aliphatic rings. The maximum Gasteiger partial charge on any atom is 0.0943 e. The van der Waals surface area contributed by atoms with Crippen LogP contribution >= 0.6 is 0 Å². The maximum atomic E-state index is 5.20. The van der Waals surface area contributed by atoms with Crippen LogP contribution in [0.3, 0.4) is 0 Å². The Labute approximate surface area is 64.1 Å². The molecular formula is C9H18O. The Morgan fingerprint density at radius 3 is 2.00 bits per heavy atom. The van der Waals surface area contributed by atoms with E-state index in [0.29, 0.717) is 5.92 Å². The van der Waals surface area contributed by atoms with Crippen LogP contribution in [0.2, 0.25) is 0 Å². The normalized spacial score (nSPS) is 12.3. The molecule has 0 saturated heterocycles. The van der Waals surface area contributed by atoms with Gasteiger partial charge in [-0.3, -0.25) is 0 Å². The van der Waals surface area contributed by atoms with Crippen LogP contribution in [0.4, 0.5) is 0 Å². The molecule has 0 aliphatic carbocycles. The van der Waals surface area contributed by atoms with Crippen LogP contribution in [0.25, 0.3) is 0 Å². The van der Waals surface area contributed by atoms with Gasteiger partial charge in [-0.15, -0.1) is 0 Å². The molecule has 0 radical (unpaired) electrons. The smallest absolute Gasteiger partial charge is 0.0943 e. The Hall–Kier alpha value is -0.460. The van der Waals surface area contributed by atoms with E-state index in [1.54, 1.807) is 7.11 Å². The van der Waals surface area contributed by atoms with E-state index in [1.807, 2.05) is 6.92 Å². The predicted octanol–water partition coefficient (Wildman–Crippen LogP) is 2.97. The second kappa shape index (κ2) is 5.33. The van der Waals surface area contributed by atoms with Gasteiger partial charge in [-0.2, -0.15) is 0 Å². The fraction of sp³-hybridized carbons (Fsp3) is 0.778. The highest BCUT2D eigenvalue weighted by Gasteiger charge is 2.07. The van der Waals surface area contributed by atoms with Gasteiger partial charge in [-0.1, -0.05) is 13.8 Å². The molecule has 10 heavy (non-hydrogen) atoms. The van der Waals surface area contributed by atoms with E-state index in [2.05, 4.69) is 19.9 Å².